The first-order chi connectivity index (χ1) is 11.5. The molecule has 0 spiro atoms. The van der Waals surface area contributed by atoms with Crippen LogP contribution in [0.2, 0.25) is 0 Å². The lowest BCUT2D eigenvalue weighted by Gasteiger charge is -2.29. The molecule has 0 bridgehead atoms. The largest absolute Gasteiger partial charge is 0.341 e. The summed E-state index contributed by atoms with van der Waals surface area (Å²) in [6, 6.07) is 5.30. The van der Waals surface area contributed by atoms with Crippen LogP contribution in [-0.2, 0) is 11.2 Å². The summed E-state index contributed by atoms with van der Waals surface area (Å²) in [6.45, 7) is 5.02. The Morgan fingerprint density at radius 2 is 1.79 bits per heavy atom. The van der Waals surface area contributed by atoms with Gasteiger partial charge in [-0.2, -0.15) is 0 Å². The van der Waals surface area contributed by atoms with Crippen molar-refractivity contribution in [3.63, 3.8) is 0 Å². The molecule has 2 rings (SSSR count). The number of halogens is 1. The SMILES string of the molecule is CC(Cc1ccccc1F)NC(=O)NC(C)C(=O)N1CCCCC1. The number of nitrogens with zero attached hydrogens (tertiary/aromatic N) is 1. The number of nitrogens with one attached hydrogen (secondary N) is 2. The lowest BCUT2D eigenvalue weighted by molar-refractivity contribution is -0.133. The maximum atomic E-state index is 13.6. The highest BCUT2D eigenvalue weighted by Gasteiger charge is 2.23. The van der Waals surface area contributed by atoms with E-state index in [0.29, 0.717) is 12.0 Å². The summed E-state index contributed by atoms with van der Waals surface area (Å²) in [4.78, 5) is 26.1. The van der Waals surface area contributed by atoms with E-state index in [-0.39, 0.29) is 17.8 Å². The molecular weight excluding hydrogens is 309 g/mol. The van der Waals surface area contributed by atoms with Gasteiger partial charge < -0.3 is 15.5 Å². The molecule has 1 aliphatic heterocycles. The average Bonchev–Trinajstić information content (AvgIpc) is 2.56. The zero-order chi connectivity index (χ0) is 17.5. The van der Waals surface area contributed by atoms with Crippen LogP contribution in [0.5, 0.6) is 0 Å². The van der Waals surface area contributed by atoms with E-state index in [9.17, 15) is 14.0 Å². The lowest BCUT2D eigenvalue weighted by atomic mass is 10.1. The smallest absolute Gasteiger partial charge is 0.315 e. The zero-order valence-electron chi connectivity index (χ0n) is 14.3. The summed E-state index contributed by atoms with van der Waals surface area (Å²) in [6.07, 6.45) is 3.59. The number of carbonyl (C=O) groups is 2. The van der Waals surface area contributed by atoms with Gasteiger partial charge in [-0.05, 0) is 51.2 Å². The van der Waals surface area contributed by atoms with Crippen LogP contribution in [0.15, 0.2) is 24.3 Å². The summed E-state index contributed by atoms with van der Waals surface area (Å²) >= 11 is 0. The fourth-order valence-electron chi connectivity index (χ4n) is 2.96. The Kier molecular flexibility index (Phi) is 6.58. The van der Waals surface area contributed by atoms with E-state index in [1.165, 1.54) is 6.07 Å². The van der Waals surface area contributed by atoms with Gasteiger partial charge in [-0.1, -0.05) is 18.2 Å². The van der Waals surface area contributed by atoms with Crippen molar-refractivity contribution in [2.75, 3.05) is 13.1 Å². The molecule has 1 aromatic carbocycles. The second kappa shape index (κ2) is 8.66. The minimum atomic E-state index is -0.566. The van der Waals surface area contributed by atoms with Crippen molar-refractivity contribution in [1.29, 1.82) is 0 Å². The van der Waals surface area contributed by atoms with E-state index >= 15 is 0 Å². The Labute approximate surface area is 142 Å². The molecule has 0 aromatic heterocycles. The standard InChI is InChI=1S/C18H26FN3O2/c1-13(12-15-8-4-5-9-16(15)19)20-18(24)21-14(2)17(23)22-10-6-3-7-11-22/h4-5,8-9,13-14H,3,6-7,10-12H2,1-2H3,(H2,20,21,24). The predicted molar refractivity (Wildman–Crippen MR) is 91.1 cm³/mol. The summed E-state index contributed by atoms with van der Waals surface area (Å²) in [5, 5.41) is 5.43. The first-order valence-corrected chi connectivity index (χ1v) is 8.56. The molecule has 2 atom stereocenters. The van der Waals surface area contributed by atoms with Gasteiger partial charge in [0.05, 0.1) is 0 Å². The van der Waals surface area contributed by atoms with Crippen molar-refractivity contribution in [3.05, 3.63) is 35.6 Å². The number of likely N-dealkylation sites (tertiary alicyclic amines) is 1. The summed E-state index contributed by atoms with van der Waals surface area (Å²) in [7, 11) is 0. The molecule has 0 radical (unpaired) electrons. The molecule has 1 heterocycles. The summed E-state index contributed by atoms with van der Waals surface area (Å²) < 4.78 is 13.6. The summed E-state index contributed by atoms with van der Waals surface area (Å²) in [5.74, 6) is -0.327. The Morgan fingerprint density at radius 3 is 2.46 bits per heavy atom. The number of carbonyl (C=O) groups excluding carboxylic acids is 2. The summed E-state index contributed by atoms with van der Waals surface area (Å²) in [5.41, 5.74) is 0.558. The van der Waals surface area contributed by atoms with Crippen molar-refractivity contribution in [2.45, 2.75) is 51.6 Å². The van der Waals surface area contributed by atoms with Gasteiger partial charge in [-0.3, -0.25) is 4.79 Å². The van der Waals surface area contributed by atoms with Gasteiger partial charge in [-0.25, -0.2) is 9.18 Å². The highest BCUT2D eigenvalue weighted by atomic mass is 19.1. The first-order valence-electron chi connectivity index (χ1n) is 8.56. The Morgan fingerprint density at radius 1 is 1.12 bits per heavy atom. The van der Waals surface area contributed by atoms with Gasteiger partial charge >= 0.3 is 6.03 Å². The third-order valence-electron chi connectivity index (χ3n) is 4.25. The normalized spacial score (nSPS) is 17.0. The lowest BCUT2D eigenvalue weighted by Crippen LogP contribution is -2.52. The fourth-order valence-corrected chi connectivity index (χ4v) is 2.96. The number of piperidine rings is 1. The quantitative estimate of drug-likeness (QED) is 0.868. The van der Waals surface area contributed by atoms with Crippen LogP contribution in [0.1, 0.15) is 38.7 Å². The van der Waals surface area contributed by atoms with Crippen LogP contribution < -0.4 is 10.6 Å². The molecule has 1 fully saturated rings. The van der Waals surface area contributed by atoms with E-state index in [1.807, 2.05) is 6.92 Å². The van der Waals surface area contributed by atoms with Crippen molar-refractivity contribution < 1.29 is 14.0 Å². The molecule has 1 aromatic rings. The molecule has 0 aliphatic carbocycles. The predicted octanol–water partition coefficient (Wildman–Crippen LogP) is 2.46. The van der Waals surface area contributed by atoms with E-state index in [4.69, 9.17) is 0 Å². The van der Waals surface area contributed by atoms with Crippen LogP contribution in [0, 0.1) is 5.82 Å². The Balaban J connectivity index is 1.79. The highest BCUT2D eigenvalue weighted by molar-refractivity contribution is 5.86. The molecule has 24 heavy (non-hydrogen) atoms. The Bertz CT molecular complexity index is 573. The number of amides is 3. The second-order valence-corrected chi connectivity index (χ2v) is 6.42. The van der Waals surface area contributed by atoms with Crippen LogP contribution in [0.3, 0.4) is 0 Å². The fraction of sp³-hybridized carbons (Fsp3) is 0.556. The van der Waals surface area contributed by atoms with E-state index in [0.717, 1.165) is 32.4 Å². The maximum absolute atomic E-state index is 13.6. The number of rotatable bonds is 5. The number of hydrogen-bond donors (Lipinski definition) is 2. The van der Waals surface area contributed by atoms with Crippen molar-refractivity contribution >= 4 is 11.9 Å². The highest BCUT2D eigenvalue weighted by Crippen LogP contribution is 2.10. The van der Waals surface area contributed by atoms with Crippen LogP contribution in [0.4, 0.5) is 9.18 Å². The van der Waals surface area contributed by atoms with Crippen molar-refractivity contribution in [2.24, 2.45) is 0 Å². The molecular formula is C18H26FN3O2. The molecule has 1 aliphatic rings. The van der Waals surface area contributed by atoms with Crippen molar-refractivity contribution in [1.82, 2.24) is 15.5 Å². The van der Waals surface area contributed by atoms with E-state index < -0.39 is 12.1 Å². The molecule has 2 N–H and O–H groups in total. The maximum Gasteiger partial charge on any atom is 0.315 e. The number of hydrogen-bond acceptors (Lipinski definition) is 2. The van der Waals surface area contributed by atoms with Gasteiger partial charge in [0.1, 0.15) is 11.9 Å². The minimum Gasteiger partial charge on any atom is -0.341 e. The van der Waals surface area contributed by atoms with Crippen LogP contribution >= 0.6 is 0 Å². The van der Waals surface area contributed by atoms with Crippen molar-refractivity contribution in [3.8, 4) is 0 Å². The topological polar surface area (TPSA) is 61.4 Å². The minimum absolute atomic E-state index is 0.0494. The Hall–Kier alpha value is -2.11. The average molecular weight is 335 g/mol. The van der Waals surface area contributed by atoms with Crippen LogP contribution in [-0.4, -0.2) is 42.0 Å². The second-order valence-electron chi connectivity index (χ2n) is 6.42. The zero-order valence-corrected chi connectivity index (χ0v) is 14.3. The van der Waals surface area contributed by atoms with Gasteiger partial charge in [0.2, 0.25) is 5.91 Å². The number of benzene rings is 1. The van der Waals surface area contributed by atoms with Gasteiger partial charge in [0.25, 0.3) is 0 Å². The molecule has 5 nitrogen and oxygen atoms in total. The number of urea groups is 1. The van der Waals surface area contributed by atoms with E-state index in [2.05, 4.69) is 10.6 Å². The van der Waals surface area contributed by atoms with Gasteiger partial charge in [-0.15, -0.1) is 0 Å². The molecule has 132 valence electrons. The molecule has 6 heteroatoms. The molecule has 2 unspecified atom stereocenters. The third kappa shape index (κ3) is 5.22. The third-order valence-corrected chi connectivity index (χ3v) is 4.25. The monoisotopic (exact) mass is 335 g/mol. The van der Waals surface area contributed by atoms with Gasteiger partial charge in [0.15, 0.2) is 0 Å². The van der Waals surface area contributed by atoms with Gasteiger partial charge in [0, 0.05) is 19.1 Å². The first kappa shape index (κ1) is 18.2. The molecule has 0 saturated carbocycles. The molecule has 3 amide bonds. The molecule has 1 saturated heterocycles. The van der Waals surface area contributed by atoms with E-state index in [1.54, 1.807) is 30.0 Å². The van der Waals surface area contributed by atoms with Crippen LogP contribution in [0.25, 0.3) is 0 Å².